The van der Waals surface area contributed by atoms with Crippen molar-refractivity contribution in [1.29, 1.82) is 0 Å². The molecule has 2 aromatic heterocycles. The first-order valence-electron chi connectivity index (χ1n) is 5.38. The van der Waals surface area contributed by atoms with Crippen molar-refractivity contribution in [3.05, 3.63) is 59.9 Å². The Balaban J connectivity index is 2.21. The fourth-order valence-electron chi connectivity index (χ4n) is 1.73. The third-order valence-electron chi connectivity index (χ3n) is 2.61. The molecule has 2 rings (SSSR count). The Labute approximate surface area is 99.5 Å². The van der Waals surface area contributed by atoms with Crippen LogP contribution in [-0.2, 0) is 12.0 Å². The summed E-state index contributed by atoms with van der Waals surface area (Å²) in [4.78, 5) is 8.07. The highest BCUT2D eigenvalue weighted by atomic mass is 19.1. The molecule has 0 aliphatic rings. The van der Waals surface area contributed by atoms with E-state index in [1.165, 1.54) is 12.3 Å². The Bertz CT molecular complexity index is 480. The summed E-state index contributed by atoms with van der Waals surface area (Å²) in [7, 11) is 0. The lowest BCUT2D eigenvalue weighted by atomic mass is 9.91. The van der Waals surface area contributed by atoms with E-state index in [4.69, 9.17) is 5.73 Å². The molecular formula is C13H14FN3. The average Bonchev–Trinajstić information content (AvgIpc) is 2.30. The summed E-state index contributed by atoms with van der Waals surface area (Å²) in [6, 6.07) is 6.81. The second-order valence-electron chi connectivity index (χ2n) is 4.32. The Morgan fingerprint density at radius 2 is 2.12 bits per heavy atom. The number of pyridine rings is 2. The SMILES string of the molecule is CC(N)(Cc1cccnc1)c1ccc(F)cn1. The largest absolute Gasteiger partial charge is 0.320 e. The normalized spacial score (nSPS) is 14.3. The van der Waals surface area contributed by atoms with E-state index in [0.717, 1.165) is 5.56 Å². The second kappa shape index (κ2) is 4.59. The van der Waals surface area contributed by atoms with Crippen LogP contribution in [0.25, 0.3) is 0 Å². The highest BCUT2D eigenvalue weighted by Gasteiger charge is 2.23. The molecule has 2 aromatic rings. The summed E-state index contributed by atoms with van der Waals surface area (Å²) >= 11 is 0. The third kappa shape index (κ3) is 2.85. The van der Waals surface area contributed by atoms with E-state index in [1.807, 2.05) is 19.1 Å². The van der Waals surface area contributed by atoms with Crippen LogP contribution in [0, 0.1) is 5.82 Å². The molecule has 17 heavy (non-hydrogen) atoms. The van der Waals surface area contributed by atoms with E-state index in [0.29, 0.717) is 12.1 Å². The molecule has 2 heterocycles. The van der Waals surface area contributed by atoms with Crippen molar-refractivity contribution in [1.82, 2.24) is 9.97 Å². The Kier molecular flexibility index (Phi) is 3.15. The van der Waals surface area contributed by atoms with Crippen molar-refractivity contribution in [3.8, 4) is 0 Å². The van der Waals surface area contributed by atoms with Crippen LogP contribution in [0.4, 0.5) is 4.39 Å². The maximum Gasteiger partial charge on any atom is 0.141 e. The molecular weight excluding hydrogens is 217 g/mol. The number of nitrogens with zero attached hydrogens (tertiary/aromatic N) is 2. The molecule has 0 spiro atoms. The Morgan fingerprint density at radius 1 is 1.29 bits per heavy atom. The van der Waals surface area contributed by atoms with Crippen molar-refractivity contribution in [3.63, 3.8) is 0 Å². The van der Waals surface area contributed by atoms with Crippen LogP contribution in [0.3, 0.4) is 0 Å². The maximum absolute atomic E-state index is 12.8. The van der Waals surface area contributed by atoms with Gasteiger partial charge < -0.3 is 5.73 Å². The molecule has 0 saturated heterocycles. The molecule has 3 nitrogen and oxygen atoms in total. The number of nitrogens with two attached hydrogens (primary N) is 1. The van der Waals surface area contributed by atoms with Crippen molar-refractivity contribution in [2.75, 3.05) is 0 Å². The molecule has 0 fully saturated rings. The van der Waals surface area contributed by atoms with Crippen LogP contribution in [0.5, 0.6) is 0 Å². The van der Waals surface area contributed by atoms with Crippen LogP contribution in [0.1, 0.15) is 18.2 Å². The Morgan fingerprint density at radius 3 is 2.71 bits per heavy atom. The topological polar surface area (TPSA) is 51.8 Å². The number of rotatable bonds is 3. The fourth-order valence-corrected chi connectivity index (χ4v) is 1.73. The molecule has 0 radical (unpaired) electrons. The molecule has 0 aliphatic heterocycles. The average molecular weight is 231 g/mol. The van der Waals surface area contributed by atoms with Gasteiger partial charge in [0, 0.05) is 12.4 Å². The zero-order valence-electron chi connectivity index (χ0n) is 9.60. The van der Waals surface area contributed by atoms with Gasteiger partial charge in [0.15, 0.2) is 0 Å². The number of hydrogen-bond acceptors (Lipinski definition) is 3. The summed E-state index contributed by atoms with van der Waals surface area (Å²) in [5.41, 5.74) is 7.28. The first-order valence-corrected chi connectivity index (χ1v) is 5.38. The zero-order valence-corrected chi connectivity index (χ0v) is 9.60. The number of halogens is 1. The van der Waals surface area contributed by atoms with Crippen LogP contribution in [0.15, 0.2) is 42.9 Å². The Hall–Kier alpha value is -1.81. The first-order chi connectivity index (χ1) is 8.08. The molecule has 0 aliphatic carbocycles. The summed E-state index contributed by atoms with van der Waals surface area (Å²) in [5.74, 6) is -0.356. The van der Waals surface area contributed by atoms with Crippen LogP contribution in [-0.4, -0.2) is 9.97 Å². The van der Waals surface area contributed by atoms with Gasteiger partial charge in [-0.2, -0.15) is 0 Å². The van der Waals surface area contributed by atoms with Gasteiger partial charge in [0.25, 0.3) is 0 Å². The summed E-state index contributed by atoms with van der Waals surface area (Å²) in [6.07, 6.45) is 5.28. The minimum absolute atomic E-state index is 0.356. The summed E-state index contributed by atoms with van der Waals surface area (Å²) in [5, 5.41) is 0. The van der Waals surface area contributed by atoms with Gasteiger partial charge in [-0.25, -0.2) is 4.39 Å². The molecule has 0 bridgehead atoms. The lowest BCUT2D eigenvalue weighted by Gasteiger charge is -2.23. The van der Waals surface area contributed by atoms with Gasteiger partial charge in [0.2, 0.25) is 0 Å². The molecule has 0 aromatic carbocycles. The lowest BCUT2D eigenvalue weighted by Crippen LogP contribution is -2.36. The summed E-state index contributed by atoms with van der Waals surface area (Å²) < 4.78 is 12.8. The second-order valence-corrected chi connectivity index (χ2v) is 4.32. The summed E-state index contributed by atoms with van der Waals surface area (Å²) in [6.45, 7) is 1.88. The van der Waals surface area contributed by atoms with Crippen LogP contribution in [0.2, 0.25) is 0 Å². The minimum Gasteiger partial charge on any atom is -0.320 e. The van der Waals surface area contributed by atoms with Crippen molar-refractivity contribution < 1.29 is 4.39 Å². The van der Waals surface area contributed by atoms with Gasteiger partial charge >= 0.3 is 0 Å². The number of hydrogen-bond donors (Lipinski definition) is 1. The zero-order chi connectivity index (χ0) is 12.3. The van der Waals surface area contributed by atoms with Gasteiger partial charge in [-0.05, 0) is 37.1 Å². The van der Waals surface area contributed by atoms with Crippen LogP contribution < -0.4 is 5.73 Å². The van der Waals surface area contributed by atoms with Crippen molar-refractivity contribution in [2.24, 2.45) is 5.73 Å². The first kappa shape index (κ1) is 11.7. The quantitative estimate of drug-likeness (QED) is 0.879. The van der Waals surface area contributed by atoms with E-state index in [-0.39, 0.29) is 5.82 Å². The molecule has 0 amide bonds. The standard InChI is InChI=1S/C13H14FN3/c1-13(15,7-10-3-2-6-16-8-10)12-5-4-11(14)9-17-12/h2-6,8-9H,7,15H2,1H3. The monoisotopic (exact) mass is 231 g/mol. The minimum atomic E-state index is -0.628. The maximum atomic E-state index is 12.8. The van der Waals surface area contributed by atoms with Gasteiger partial charge in [0.1, 0.15) is 5.82 Å². The number of aromatic nitrogens is 2. The van der Waals surface area contributed by atoms with Gasteiger partial charge in [-0.3, -0.25) is 9.97 Å². The highest BCUT2D eigenvalue weighted by Crippen LogP contribution is 2.20. The van der Waals surface area contributed by atoms with E-state index in [1.54, 1.807) is 18.5 Å². The predicted octanol–water partition coefficient (Wildman–Crippen LogP) is 2.03. The smallest absolute Gasteiger partial charge is 0.141 e. The van der Waals surface area contributed by atoms with E-state index in [9.17, 15) is 4.39 Å². The van der Waals surface area contributed by atoms with Crippen molar-refractivity contribution in [2.45, 2.75) is 18.9 Å². The molecule has 88 valence electrons. The third-order valence-corrected chi connectivity index (χ3v) is 2.61. The highest BCUT2D eigenvalue weighted by molar-refractivity contribution is 5.20. The fraction of sp³-hybridized carbons (Fsp3) is 0.231. The lowest BCUT2D eigenvalue weighted by molar-refractivity contribution is 0.472. The van der Waals surface area contributed by atoms with Gasteiger partial charge in [-0.15, -0.1) is 0 Å². The molecule has 2 N–H and O–H groups in total. The van der Waals surface area contributed by atoms with E-state index < -0.39 is 5.54 Å². The molecule has 1 unspecified atom stereocenters. The molecule has 4 heteroatoms. The van der Waals surface area contributed by atoms with Crippen molar-refractivity contribution >= 4 is 0 Å². The predicted molar refractivity (Wildman–Crippen MR) is 63.7 cm³/mol. The van der Waals surface area contributed by atoms with E-state index in [2.05, 4.69) is 9.97 Å². The van der Waals surface area contributed by atoms with Crippen LogP contribution >= 0.6 is 0 Å². The molecule has 1 atom stereocenters. The molecule has 0 saturated carbocycles. The van der Waals surface area contributed by atoms with Gasteiger partial charge in [-0.1, -0.05) is 6.07 Å². The van der Waals surface area contributed by atoms with Gasteiger partial charge in [0.05, 0.1) is 17.4 Å². The van der Waals surface area contributed by atoms with E-state index >= 15 is 0 Å².